The molecular formula is C22H22ClN3O5S. The van der Waals surface area contributed by atoms with Gasteiger partial charge < -0.3 is 14.8 Å². The maximum absolute atomic E-state index is 12.6. The van der Waals surface area contributed by atoms with E-state index in [4.69, 9.17) is 21.1 Å². The highest BCUT2D eigenvalue weighted by molar-refractivity contribution is 7.91. The summed E-state index contributed by atoms with van der Waals surface area (Å²) >= 11 is 5.97. The van der Waals surface area contributed by atoms with Gasteiger partial charge in [-0.3, -0.25) is 4.79 Å². The first-order valence-corrected chi connectivity index (χ1v) is 12.2. The van der Waals surface area contributed by atoms with Gasteiger partial charge in [-0.1, -0.05) is 23.7 Å². The molecule has 1 aliphatic rings. The first-order valence-electron chi connectivity index (χ1n) is 9.95. The highest BCUT2D eigenvalue weighted by Gasteiger charge is 2.31. The quantitative estimate of drug-likeness (QED) is 0.560. The normalized spacial score (nSPS) is 17.1. The second kappa shape index (κ2) is 9.22. The van der Waals surface area contributed by atoms with Gasteiger partial charge in [-0.05, 0) is 42.8 Å². The van der Waals surface area contributed by atoms with E-state index in [0.29, 0.717) is 34.5 Å². The minimum Gasteiger partial charge on any atom is -0.497 e. The molecule has 3 aromatic rings. The maximum Gasteiger partial charge on any atom is 0.263 e. The fraction of sp³-hybridized carbons (Fsp3) is 0.273. The number of ether oxygens (including phenoxy) is 2. The summed E-state index contributed by atoms with van der Waals surface area (Å²) in [5, 5.41) is 7.98. The summed E-state index contributed by atoms with van der Waals surface area (Å²) in [7, 11) is -1.56. The van der Waals surface area contributed by atoms with Gasteiger partial charge >= 0.3 is 0 Å². The number of halogens is 1. The third-order valence-corrected chi connectivity index (χ3v) is 7.13. The highest BCUT2D eigenvalue weighted by Crippen LogP contribution is 2.30. The van der Waals surface area contributed by atoms with Crippen LogP contribution in [0, 0.1) is 0 Å². The molecule has 0 spiro atoms. The number of benzene rings is 2. The fourth-order valence-corrected chi connectivity index (χ4v) is 5.31. The van der Waals surface area contributed by atoms with Gasteiger partial charge in [0.15, 0.2) is 16.4 Å². The Hall–Kier alpha value is -3.04. The number of nitrogens with one attached hydrogen (secondary N) is 1. The Morgan fingerprint density at radius 1 is 1.16 bits per heavy atom. The van der Waals surface area contributed by atoms with E-state index in [1.165, 1.54) is 0 Å². The van der Waals surface area contributed by atoms with Crippen LogP contribution in [-0.2, 0) is 14.6 Å². The van der Waals surface area contributed by atoms with Crippen molar-refractivity contribution in [1.82, 2.24) is 9.78 Å². The maximum atomic E-state index is 12.6. The number of anilines is 1. The minimum atomic E-state index is -3.13. The van der Waals surface area contributed by atoms with Crippen molar-refractivity contribution in [2.75, 3.05) is 30.5 Å². The van der Waals surface area contributed by atoms with Crippen molar-refractivity contribution in [2.24, 2.45) is 0 Å². The van der Waals surface area contributed by atoms with E-state index in [-0.39, 0.29) is 30.1 Å². The molecular weight excluding hydrogens is 454 g/mol. The van der Waals surface area contributed by atoms with Crippen LogP contribution in [0.15, 0.2) is 54.6 Å². The molecule has 1 N–H and O–H groups in total. The number of methoxy groups -OCH3 is 1. The number of hydrogen-bond acceptors (Lipinski definition) is 6. The third-order valence-electron chi connectivity index (χ3n) is 5.13. The largest absolute Gasteiger partial charge is 0.497 e. The molecule has 0 unspecified atom stereocenters. The van der Waals surface area contributed by atoms with Crippen molar-refractivity contribution in [3.63, 3.8) is 0 Å². The number of amides is 1. The van der Waals surface area contributed by atoms with E-state index in [2.05, 4.69) is 10.4 Å². The molecule has 4 rings (SSSR count). The van der Waals surface area contributed by atoms with E-state index in [1.54, 1.807) is 54.3 Å². The van der Waals surface area contributed by atoms with Crippen LogP contribution in [0.5, 0.6) is 11.5 Å². The molecule has 0 bridgehead atoms. The first-order chi connectivity index (χ1) is 15.3. The number of carbonyl (C=O) groups is 1. The second-order valence-electron chi connectivity index (χ2n) is 7.44. The molecule has 10 heteroatoms. The molecule has 8 nitrogen and oxygen atoms in total. The zero-order valence-corrected chi connectivity index (χ0v) is 18.9. The van der Waals surface area contributed by atoms with Crippen LogP contribution in [0.2, 0.25) is 5.02 Å². The lowest BCUT2D eigenvalue weighted by molar-refractivity contribution is -0.118. The summed E-state index contributed by atoms with van der Waals surface area (Å²) in [6.45, 7) is -0.212. The summed E-state index contributed by atoms with van der Waals surface area (Å²) in [6.07, 6.45) is 0.440. The number of carbonyl (C=O) groups excluding carboxylic acids is 1. The number of aromatic nitrogens is 2. The van der Waals surface area contributed by atoms with Gasteiger partial charge in [0.05, 0.1) is 30.4 Å². The molecule has 2 heterocycles. The lowest BCUT2D eigenvalue weighted by Crippen LogP contribution is -2.23. The number of nitrogens with zero attached hydrogens (tertiary/aromatic N) is 2. The lowest BCUT2D eigenvalue weighted by Gasteiger charge is -2.14. The Morgan fingerprint density at radius 3 is 2.47 bits per heavy atom. The van der Waals surface area contributed by atoms with Gasteiger partial charge in [0.25, 0.3) is 5.91 Å². The van der Waals surface area contributed by atoms with Gasteiger partial charge in [0, 0.05) is 16.7 Å². The SMILES string of the molecule is COc1ccc(OCC(=O)Nc2cc(-c3ccc(Cl)cc3)nn2[C@H]2CCS(=O)(=O)C2)cc1. The predicted octanol–water partition coefficient (Wildman–Crippen LogP) is 3.59. The Kier molecular flexibility index (Phi) is 6.38. The number of rotatable bonds is 7. The van der Waals surface area contributed by atoms with Gasteiger partial charge in [-0.25, -0.2) is 13.1 Å². The fourth-order valence-electron chi connectivity index (χ4n) is 3.50. The molecule has 0 saturated carbocycles. The number of hydrogen-bond donors (Lipinski definition) is 1. The molecule has 1 aromatic heterocycles. The molecule has 0 radical (unpaired) electrons. The van der Waals surface area contributed by atoms with E-state index in [1.807, 2.05) is 12.1 Å². The summed E-state index contributed by atoms with van der Waals surface area (Å²) in [5.41, 5.74) is 1.41. The van der Waals surface area contributed by atoms with Crippen molar-refractivity contribution in [2.45, 2.75) is 12.5 Å². The summed E-state index contributed by atoms with van der Waals surface area (Å²) in [4.78, 5) is 12.6. The molecule has 0 aliphatic carbocycles. The topological polar surface area (TPSA) is 99.5 Å². The van der Waals surface area contributed by atoms with Crippen molar-refractivity contribution in [3.05, 3.63) is 59.6 Å². The van der Waals surface area contributed by atoms with Crippen LogP contribution in [-0.4, -0.2) is 49.3 Å². The average Bonchev–Trinajstić information content (AvgIpc) is 3.36. The molecule has 2 aromatic carbocycles. The van der Waals surface area contributed by atoms with Crippen LogP contribution < -0.4 is 14.8 Å². The summed E-state index contributed by atoms with van der Waals surface area (Å²) in [6, 6.07) is 15.4. The van der Waals surface area contributed by atoms with Crippen LogP contribution in [0.25, 0.3) is 11.3 Å². The lowest BCUT2D eigenvalue weighted by atomic mass is 10.1. The van der Waals surface area contributed by atoms with E-state index >= 15 is 0 Å². The molecule has 1 atom stereocenters. The molecule has 1 saturated heterocycles. The molecule has 32 heavy (non-hydrogen) atoms. The first kappa shape index (κ1) is 22.2. The minimum absolute atomic E-state index is 0.0139. The van der Waals surface area contributed by atoms with E-state index in [9.17, 15) is 13.2 Å². The van der Waals surface area contributed by atoms with Crippen molar-refractivity contribution < 1.29 is 22.7 Å². The zero-order valence-electron chi connectivity index (χ0n) is 17.3. The molecule has 1 fully saturated rings. The molecule has 1 amide bonds. The predicted molar refractivity (Wildman–Crippen MR) is 122 cm³/mol. The summed E-state index contributed by atoms with van der Waals surface area (Å²) in [5.74, 6) is 1.33. The standard InChI is InChI=1S/C22H22ClN3O5S/c1-30-18-6-8-19(9-7-18)31-13-22(27)24-21-12-20(15-2-4-16(23)5-3-15)25-26(21)17-10-11-32(28,29)14-17/h2-9,12,17H,10-11,13-14H2,1H3,(H,24,27)/t17-/m0/s1. The van der Waals surface area contributed by atoms with Crippen LogP contribution in [0.4, 0.5) is 5.82 Å². The highest BCUT2D eigenvalue weighted by atomic mass is 35.5. The Balaban J connectivity index is 1.52. The van der Waals surface area contributed by atoms with Crippen LogP contribution >= 0.6 is 11.6 Å². The third kappa shape index (κ3) is 5.23. The van der Waals surface area contributed by atoms with Gasteiger partial charge in [0.1, 0.15) is 17.3 Å². The monoisotopic (exact) mass is 475 g/mol. The number of sulfone groups is 1. The summed E-state index contributed by atoms with van der Waals surface area (Å²) < 4.78 is 36.2. The van der Waals surface area contributed by atoms with E-state index < -0.39 is 9.84 Å². The van der Waals surface area contributed by atoms with Crippen LogP contribution in [0.1, 0.15) is 12.5 Å². The Bertz CT molecular complexity index is 1210. The zero-order chi connectivity index (χ0) is 22.7. The van der Waals surface area contributed by atoms with Crippen LogP contribution in [0.3, 0.4) is 0 Å². The van der Waals surface area contributed by atoms with E-state index in [0.717, 1.165) is 5.56 Å². The van der Waals surface area contributed by atoms with Gasteiger partial charge in [0.2, 0.25) is 0 Å². The Morgan fingerprint density at radius 2 is 1.84 bits per heavy atom. The van der Waals surface area contributed by atoms with Crippen molar-refractivity contribution in [3.8, 4) is 22.8 Å². The van der Waals surface area contributed by atoms with Crippen molar-refractivity contribution >= 4 is 33.2 Å². The van der Waals surface area contributed by atoms with Crippen molar-refractivity contribution in [1.29, 1.82) is 0 Å². The van der Waals surface area contributed by atoms with Gasteiger partial charge in [-0.15, -0.1) is 0 Å². The average molecular weight is 476 g/mol. The Labute approximate surface area is 191 Å². The van der Waals surface area contributed by atoms with Gasteiger partial charge in [-0.2, -0.15) is 5.10 Å². The smallest absolute Gasteiger partial charge is 0.263 e. The molecule has 1 aliphatic heterocycles. The second-order valence-corrected chi connectivity index (χ2v) is 10.1. The molecule has 168 valence electrons.